The maximum atomic E-state index is 8.63. The smallest absolute Gasteiger partial charge is 0.372 e. The van der Waals surface area contributed by atoms with Crippen molar-refractivity contribution >= 4 is 0 Å². The molecule has 0 bridgehead atoms. The van der Waals surface area contributed by atoms with Crippen molar-refractivity contribution < 1.29 is 55.1 Å². The van der Waals surface area contributed by atoms with Crippen LogP contribution >= 0.6 is 0 Å². The Morgan fingerprint density at radius 3 is 1.40 bits per heavy atom. The molecule has 0 aromatic carbocycles. The summed E-state index contributed by atoms with van der Waals surface area (Å²) in [7, 11) is 0. The minimum absolute atomic E-state index is 0. The summed E-state index contributed by atoms with van der Waals surface area (Å²) in [5, 5.41) is 0. The summed E-state index contributed by atoms with van der Waals surface area (Å²) >= 11 is -3.40. The molecule has 0 amide bonds. The van der Waals surface area contributed by atoms with E-state index < -0.39 is 14.8 Å². The molecule has 0 aromatic heterocycles. The second kappa shape index (κ2) is 5.30. The molecule has 3 nitrogen and oxygen atoms in total. The molecule has 0 unspecified atom stereocenters. The zero-order valence-corrected chi connectivity index (χ0v) is 9.43. The minimum Gasteiger partial charge on any atom is -0.372 e. The van der Waals surface area contributed by atoms with E-state index in [1.54, 1.807) is 0 Å². The van der Waals surface area contributed by atoms with Crippen LogP contribution in [0.5, 0.6) is 0 Å². The van der Waals surface area contributed by atoms with Gasteiger partial charge < -0.3 is 8.40 Å². The molecular weight excluding hydrogens is 328 g/mol. The number of halogens is 1. The van der Waals surface area contributed by atoms with E-state index in [4.69, 9.17) is 12.6 Å². The van der Waals surface area contributed by atoms with Gasteiger partial charge in [-0.1, -0.05) is 0 Å². The molecule has 0 saturated heterocycles. The van der Waals surface area contributed by atoms with E-state index in [9.17, 15) is 0 Å². The topological polar surface area (TPSA) is 66.3 Å². The van der Waals surface area contributed by atoms with Crippen molar-refractivity contribution in [2.24, 2.45) is 0 Å². The molecule has 0 fully saturated rings. The SMILES string of the molecule is [Hg].[O-][Br+2]([O-])O. The molecule has 0 saturated carbocycles. The molecule has 0 aliphatic carbocycles. The van der Waals surface area contributed by atoms with E-state index in [1.807, 2.05) is 0 Å². The normalized spacial score (nSPS) is 7.20. The van der Waals surface area contributed by atoms with Crippen LogP contribution in [0.25, 0.3) is 0 Å². The first-order valence-corrected chi connectivity index (χ1v) is 2.48. The van der Waals surface area contributed by atoms with Crippen molar-refractivity contribution in [1.29, 1.82) is 0 Å². The summed E-state index contributed by atoms with van der Waals surface area (Å²) in [6.07, 6.45) is 0. The van der Waals surface area contributed by atoms with Crippen molar-refractivity contribution in [3.05, 3.63) is 0 Å². The van der Waals surface area contributed by atoms with Gasteiger partial charge in [0.2, 0.25) is 0 Å². The standard InChI is InChI=1S/BrHO3.Hg/c2-1(3)4;/h2H;. The predicted molar refractivity (Wildman–Crippen MR) is 2.22 cm³/mol. The van der Waals surface area contributed by atoms with E-state index in [1.165, 1.54) is 0 Å². The Labute approximate surface area is 55.0 Å². The molecule has 0 rings (SSSR count). The third-order valence-electron chi connectivity index (χ3n) is 0. The van der Waals surface area contributed by atoms with Crippen LogP contribution in [-0.4, -0.2) is 4.20 Å². The molecule has 0 aliphatic heterocycles. The van der Waals surface area contributed by atoms with Crippen molar-refractivity contribution in [3.63, 3.8) is 0 Å². The van der Waals surface area contributed by atoms with E-state index in [-0.39, 0.29) is 27.7 Å². The van der Waals surface area contributed by atoms with Gasteiger partial charge in [-0.3, -0.25) is 0 Å². The first-order valence-electron chi connectivity index (χ1n) is 0.478. The van der Waals surface area contributed by atoms with Crippen LogP contribution in [0, 0.1) is 14.8 Å². The zero-order chi connectivity index (χ0) is 3.58. The van der Waals surface area contributed by atoms with Crippen LogP contribution in [0.3, 0.4) is 0 Å². The summed E-state index contributed by atoms with van der Waals surface area (Å²) in [5.41, 5.74) is 0. The Bertz CT molecular complexity index is 11.6. The molecule has 0 aliphatic rings. The Morgan fingerprint density at radius 1 is 1.40 bits per heavy atom. The minimum atomic E-state index is -3.40. The first-order chi connectivity index (χ1) is 1.73. The average molecular weight is 329 g/mol. The summed E-state index contributed by atoms with van der Waals surface area (Å²) in [6.45, 7) is 0. The number of hydrogen-bond donors (Lipinski definition) is 1. The third kappa shape index (κ3) is 34.3. The van der Waals surface area contributed by atoms with Gasteiger partial charge in [0.1, 0.15) is 0 Å². The summed E-state index contributed by atoms with van der Waals surface area (Å²) in [6, 6.07) is 0. The molecule has 0 radical (unpaired) electrons. The molecular formula is HBrHgO3. The van der Waals surface area contributed by atoms with Gasteiger partial charge in [0, 0.05) is 27.7 Å². The van der Waals surface area contributed by atoms with Crippen molar-refractivity contribution in [2.45, 2.75) is 0 Å². The number of rotatable bonds is 0. The van der Waals surface area contributed by atoms with Gasteiger partial charge in [0.25, 0.3) is 0 Å². The van der Waals surface area contributed by atoms with Gasteiger partial charge in [0.05, 0.1) is 0 Å². The fraction of sp³-hybridized carbons (Fsp3) is 0. The maximum Gasteiger partial charge on any atom is 0.433 e. The van der Waals surface area contributed by atoms with Crippen LogP contribution in [-0.2, 0) is 27.7 Å². The second-order valence-electron chi connectivity index (χ2n) is 0.201. The van der Waals surface area contributed by atoms with E-state index >= 15 is 0 Å². The Balaban J connectivity index is 0. The average Bonchev–Trinajstić information content (AvgIpc) is 0.811. The first kappa shape index (κ1) is 9.57. The van der Waals surface area contributed by atoms with Gasteiger partial charge in [-0.25, -0.2) is 0 Å². The van der Waals surface area contributed by atoms with Gasteiger partial charge in [-0.05, 0) is 4.20 Å². The zero-order valence-electron chi connectivity index (χ0n) is 2.35. The van der Waals surface area contributed by atoms with Crippen LogP contribution in [0.4, 0.5) is 0 Å². The van der Waals surface area contributed by atoms with E-state index in [0.29, 0.717) is 0 Å². The summed E-state index contributed by atoms with van der Waals surface area (Å²) in [4.78, 5) is 0. The van der Waals surface area contributed by atoms with Gasteiger partial charge >= 0.3 is 14.8 Å². The largest absolute Gasteiger partial charge is 0.433 e. The second-order valence-corrected chi connectivity index (χ2v) is 1.04. The van der Waals surface area contributed by atoms with Crippen LogP contribution in [0.2, 0.25) is 0 Å². The molecule has 5 heteroatoms. The Morgan fingerprint density at radius 2 is 1.40 bits per heavy atom. The summed E-state index contributed by atoms with van der Waals surface area (Å²) in [5.74, 6) is 0. The third-order valence-corrected chi connectivity index (χ3v) is 0. The van der Waals surface area contributed by atoms with Crippen LogP contribution in [0.15, 0.2) is 0 Å². The van der Waals surface area contributed by atoms with Gasteiger partial charge in [-0.15, -0.1) is 0 Å². The van der Waals surface area contributed by atoms with E-state index in [0.717, 1.165) is 0 Å². The van der Waals surface area contributed by atoms with Crippen molar-refractivity contribution in [2.75, 3.05) is 0 Å². The molecule has 28 valence electrons. The molecule has 0 heterocycles. The molecule has 0 aromatic rings. The molecule has 1 N–H and O–H groups in total. The Kier molecular flexibility index (Phi) is 10.1. The fourth-order valence-electron chi connectivity index (χ4n) is 0. The predicted octanol–water partition coefficient (Wildman–Crippen LogP) is -2.94. The van der Waals surface area contributed by atoms with Crippen molar-refractivity contribution in [3.8, 4) is 0 Å². The van der Waals surface area contributed by atoms with Crippen LogP contribution < -0.4 is 8.40 Å². The molecule has 5 heavy (non-hydrogen) atoms. The quantitative estimate of drug-likeness (QED) is 0.484. The monoisotopic (exact) mass is 330 g/mol. The van der Waals surface area contributed by atoms with Gasteiger partial charge in [-0.2, -0.15) is 0 Å². The van der Waals surface area contributed by atoms with Gasteiger partial charge in [0.15, 0.2) is 0 Å². The van der Waals surface area contributed by atoms with Crippen LogP contribution in [0.1, 0.15) is 0 Å². The molecule has 0 atom stereocenters. The fourth-order valence-corrected chi connectivity index (χ4v) is 0. The number of hydrogen-bond acceptors (Lipinski definition) is 3. The summed E-state index contributed by atoms with van der Waals surface area (Å²) < 4.78 is 24.3. The maximum absolute atomic E-state index is 8.63. The molecule has 0 spiro atoms. The van der Waals surface area contributed by atoms with Crippen molar-refractivity contribution in [1.82, 2.24) is 0 Å². The Hall–Kier alpha value is 1.30. The van der Waals surface area contributed by atoms with E-state index in [2.05, 4.69) is 0 Å².